The Kier molecular flexibility index (Phi) is 5.18. The average Bonchev–Trinajstić information content (AvgIpc) is 3.25. The van der Waals surface area contributed by atoms with E-state index in [2.05, 4.69) is 32.3 Å². The zero-order chi connectivity index (χ0) is 19.5. The number of carbonyl (C=O) groups excluding carboxylic acids is 1. The van der Waals surface area contributed by atoms with Crippen LogP contribution in [0.15, 0.2) is 35.8 Å². The third-order valence-electron chi connectivity index (χ3n) is 5.47. The highest BCUT2D eigenvalue weighted by Gasteiger charge is 2.41. The van der Waals surface area contributed by atoms with Gasteiger partial charge in [0.1, 0.15) is 11.7 Å². The lowest BCUT2D eigenvalue weighted by Crippen LogP contribution is -2.55. The molecule has 4 rings (SSSR count). The first-order valence-electron chi connectivity index (χ1n) is 9.81. The molecule has 0 saturated heterocycles. The third kappa shape index (κ3) is 3.42. The van der Waals surface area contributed by atoms with Gasteiger partial charge in [-0.3, -0.25) is 9.78 Å². The molecule has 1 unspecified atom stereocenters. The number of hydrogen-bond donors (Lipinski definition) is 1. The van der Waals surface area contributed by atoms with E-state index < -0.39 is 0 Å². The van der Waals surface area contributed by atoms with Crippen LogP contribution in [0, 0.1) is 0 Å². The van der Waals surface area contributed by atoms with Crippen molar-refractivity contribution in [2.24, 2.45) is 5.10 Å². The number of nitrogens with one attached hydrogen (secondary N) is 1. The molecule has 1 saturated carbocycles. The van der Waals surface area contributed by atoms with E-state index in [1.165, 1.54) is 12.8 Å². The van der Waals surface area contributed by atoms with E-state index in [4.69, 9.17) is 4.98 Å². The largest absolute Gasteiger partial charge is 0.340 e. The van der Waals surface area contributed by atoms with Crippen LogP contribution in [0.5, 0.6) is 0 Å². The van der Waals surface area contributed by atoms with Crippen LogP contribution in [0.2, 0.25) is 0 Å². The lowest BCUT2D eigenvalue weighted by Gasteiger charge is -2.43. The number of hydrogen-bond acceptors (Lipinski definition) is 7. The Morgan fingerprint density at radius 2 is 2.14 bits per heavy atom. The minimum Gasteiger partial charge on any atom is -0.340 e. The molecule has 2 aliphatic rings. The van der Waals surface area contributed by atoms with Crippen molar-refractivity contribution in [3.05, 3.63) is 36.3 Å². The number of rotatable bonds is 5. The molecular formula is C20H25N7O. The van der Waals surface area contributed by atoms with Crippen LogP contribution in [-0.2, 0) is 4.79 Å². The van der Waals surface area contributed by atoms with Crippen molar-refractivity contribution in [1.29, 1.82) is 0 Å². The molecule has 2 aromatic rings. The predicted octanol–water partition coefficient (Wildman–Crippen LogP) is 2.82. The van der Waals surface area contributed by atoms with Crippen LogP contribution < -0.4 is 15.2 Å². The van der Waals surface area contributed by atoms with Gasteiger partial charge in [0, 0.05) is 31.0 Å². The Hall–Kier alpha value is -3.03. The van der Waals surface area contributed by atoms with Gasteiger partial charge in [0.05, 0.1) is 12.4 Å². The number of pyridine rings is 1. The van der Waals surface area contributed by atoms with Crippen molar-refractivity contribution in [3.63, 3.8) is 0 Å². The topological polar surface area (TPSA) is 86.6 Å². The summed E-state index contributed by atoms with van der Waals surface area (Å²) < 4.78 is 0. The Balaban J connectivity index is 1.64. The zero-order valence-corrected chi connectivity index (χ0v) is 16.2. The van der Waals surface area contributed by atoms with Crippen molar-refractivity contribution < 1.29 is 4.79 Å². The average molecular weight is 379 g/mol. The summed E-state index contributed by atoms with van der Waals surface area (Å²) in [6, 6.07) is 3.94. The SMILES string of the molecule is CCC1C(=O)N(C)c2cnc(N/N=C/c3cccnc3)nc2N1C1CCCC1. The molecule has 1 N–H and O–H groups in total. The smallest absolute Gasteiger partial charge is 0.249 e. The molecule has 3 heterocycles. The van der Waals surface area contributed by atoms with E-state index in [9.17, 15) is 4.79 Å². The van der Waals surface area contributed by atoms with Crippen LogP contribution in [0.25, 0.3) is 0 Å². The molecular weight excluding hydrogens is 354 g/mol. The molecule has 8 heteroatoms. The van der Waals surface area contributed by atoms with Gasteiger partial charge < -0.3 is 9.80 Å². The van der Waals surface area contributed by atoms with Gasteiger partial charge in [-0.25, -0.2) is 10.4 Å². The zero-order valence-electron chi connectivity index (χ0n) is 16.2. The second-order valence-electron chi connectivity index (χ2n) is 7.23. The molecule has 146 valence electrons. The van der Waals surface area contributed by atoms with Crippen LogP contribution in [0.3, 0.4) is 0 Å². The first-order chi connectivity index (χ1) is 13.7. The summed E-state index contributed by atoms with van der Waals surface area (Å²) in [6.07, 6.45) is 12.2. The molecule has 8 nitrogen and oxygen atoms in total. The molecule has 1 fully saturated rings. The molecule has 0 aromatic carbocycles. The standard InChI is InChI=1S/C20H25N7O/c1-3-16-19(28)26(2)17-13-22-20(25-23-12-14-7-6-10-21-11-14)24-18(17)27(16)15-8-4-5-9-15/h6-7,10-13,15-16H,3-5,8-9H2,1-2H3,(H,22,24,25)/b23-12+. The van der Waals surface area contributed by atoms with E-state index in [-0.39, 0.29) is 11.9 Å². The summed E-state index contributed by atoms with van der Waals surface area (Å²) in [5, 5.41) is 4.22. The summed E-state index contributed by atoms with van der Waals surface area (Å²) in [5.41, 5.74) is 4.54. The first-order valence-corrected chi connectivity index (χ1v) is 9.81. The van der Waals surface area contributed by atoms with Gasteiger partial charge >= 0.3 is 0 Å². The Morgan fingerprint density at radius 3 is 2.86 bits per heavy atom. The van der Waals surface area contributed by atoms with Gasteiger partial charge in [-0.1, -0.05) is 25.8 Å². The number of amides is 1. The minimum absolute atomic E-state index is 0.112. The van der Waals surface area contributed by atoms with Crippen molar-refractivity contribution in [2.75, 3.05) is 22.3 Å². The second kappa shape index (κ2) is 7.92. The van der Waals surface area contributed by atoms with Crippen molar-refractivity contribution in [3.8, 4) is 0 Å². The number of nitrogens with zero attached hydrogens (tertiary/aromatic N) is 6. The number of fused-ring (bicyclic) bond motifs is 1. The minimum atomic E-state index is -0.178. The normalized spacial score (nSPS) is 20.1. The van der Waals surface area contributed by atoms with E-state index >= 15 is 0 Å². The molecule has 0 bridgehead atoms. The fourth-order valence-electron chi connectivity index (χ4n) is 4.05. The predicted molar refractivity (Wildman–Crippen MR) is 110 cm³/mol. The summed E-state index contributed by atoms with van der Waals surface area (Å²) in [7, 11) is 1.80. The van der Waals surface area contributed by atoms with Gasteiger partial charge in [0.2, 0.25) is 11.9 Å². The first kappa shape index (κ1) is 18.3. The maximum atomic E-state index is 12.9. The van der Waals surface area contributed by atoms with E-state index in [0.717, 1.165) is 36.3 Å². The molecule has 0 radical (unpaired) electrons. The van der Waals surface area contributed by atoms with Crippen molar-refractivity contribution >= 4 is 29.6 Å². The fraction of sp³-hybridized carbons (Fsp3) is 0.450. The fourth-order valence-corrected chi connectivity index (χ4v) is 4.05. The molecule has 1 amide bonds. The lowest BCUT2D eigenvalue weighted by atomic mass is 10.0. The van der Waals surface area contributed by atoms with E-state index in [1.807, 2.05) is 12.1 Å². The highest BCUT2D eigenvalue weighted by atomic mass is 16.2. The Bertz CT molecular complexity index is 864. The second-order valence-corrected chi connectivity index (χ2v) is 7.23. The monoisotopic (exact) mass is 379 g/mol. The molecule has 1 aliphatic carbocycles. The number of carbonyl (C=O) groups is 1. The molecule has 2 aromatic heterocycles. The van der Waals surface area contributed by atoms with Gasteiger partial charge in [-0.05, 0) is 25.3 Å². The van der Waals surface area contributed by atoms with Crippen LogP contribution in [0.1, 0.15) is 44.6 Å². The maximum absolute atomic E-state index is 12.9. The highest BCUT2D eigenvalue weighted by molar-refractivity contribution is 6.04. The number of anilines is 3. The van der Waals surface area contributed by atoms with Gasteiger partial charge in [0.15, 0.2) is 5.82 Å². The molecule has 1 atom stereocenters. The number of hydrazone groups is 1. The van der Waals surface area contributed by atoms with E-state index in [1.54, 1.807) is 36.8 Å². The Labute approximate surface area is 164 Å². The summed E-state index contributed by atoms with van der Waals surface area (Å²) in [4.78, 5) is 29.9. The number of likely N-dealkylation sites (N-methyl/N-ethyl adjacent to an activating group) is 1. The summed E-state index contributed by atoms with van der Waals surface area (Å²) in [6.45, 7) is 2.06. The maximum Gasteiger partial charge on any atom is 0.249 e. The summed E-state index contributed by atoms with van der Waals surface area (Å²) >= 11 is 0. The highest BCUT2D eigenvalue weighted by Crippen LogP contribution is 2.39. The van der Waals surface area contributed by atoms with Crippen molar-refractivity contribution in [2.45, 2.75) is 51.1 Å². The lowest BCUT2D eigenvalue weighted by molar-refractivity contribution is -0.120. The third-order valence-corrected chi connectivity index (χ3v) is 5.47. The van der Waals surface area contributed by atoms with Gasteiger partial charge in [-0.15, -0.1) is 0 Å². The van der Waals surface area contributed by atoms with Crippen LogP contribution in [0.4, 0.5) is 17.5 Å². The van der Waals surface area contributed by atoms with Crippen LogP contribution >= 0.6 is 0 Å². The van der Waals surface area contributed by atoms with Gasteiger partial charge in [0.25, 0.3) is 0 Å². The van der Waals surface area contributed by atoms with E-state index in [0.29, 0.717) is 12.0 Å². The Morgan fingerprint density at radius 1 is 1.32 bits per heavy atom. The molecule has 0 spiro atoms. The molecule has 1 aliphatic heterocycles. The summed E-state index contributed by atoms with van der Waals surface area (Å²) in [5.74, 6) is 1.34. The number of aromatic nitrogens is 3. The van der Waals surface area contributed by atoms with Gasteiger partial charge in [-0.2, -0.15) is 10.1 Å². The van der Waals surface area contributed by atoms with Crippen LogP contribution in [-0.4, -0.2) is 46.2 Å². The molecule has 28 heavy (non-hydrogen) atoms. The quantitative estimate of drug-likeness (QED) is 0.635. The van der Waals surface area contributed by atoms with Crippen molar-refractivity contribution in [1.82, 2.24) is 15.0 Å².